The van der Waals surface area contributed by atoms with Crippen LogP contribution in [0.2, 0.25) is 0 Å². The predicted octanol–water partition coefficient (Wildman–Crippen LogP) is 10.9. The fraction of sp³-hybridized carbons (Fsp3) is 0.647. The first-order chi connectivity index (χ1) is 17.7. The Morgan fingerprint density at radius 1 is 0.667 bits per heavy atom. The van der Waals surface area contributed by atoms with Crippen LogP contribution >= 0.6 is 0 Å². The first kappa shape index (κ1) is 28.7. The minimum absolute atomic E-state index is 0.250. The second-order valence-electron chi connectivity index (χ2n) is 11.3. The Labute approximate surface area is 221 Å². The molecule has 1 nitrogen and oxygen atoms in total. The maximum absolute atomic E-state index is 14.7. The lowest BCUT2D eigenvalue weighted by Crippen LogP contribution is -2.20. The van der Waals surface area contributed by atoms with E-state index < -0.39 is 0 Å². The van der Waals surface area contributed by atoms with E-state index in [0.717, 1.165) is 29.9 Å². The van der Waals surface area contributed by atoms with Crippen LogP contribution in [0.5, 0.6) is 5.75 Å². The molecular formula is C34H51FO. The first-order valence-corrected chi connectivity index (χ1v) is 15.2. The summed E-state index contributed by atoms with van der Waals surface area (Å²) in [5.74, 6) is 1.61. The highest BCUT2D eigenvalue weighted by Gasteiger charge is 2.21. The van der Waals surface area contributed by atoms with Gasteiger partial charge in [-0.3, -0.25) is 0 Å². The number of unbranched alkanes of at least 4 members (excludes halogenated alkanes) is 9. The van der Waals surface area contributed by atoms with E-state index in [9.17, 15) is 4.39 Å². The molecular weight excluding hydrogens is 443 g/mol. The van der Waals surface area contributed by atoms with E-state index >= 15 is 0 Å². The highest BCUT2D eigenvalue weighted by Crippen LogP contribution is 2.33. The van der Waals surface area contributed by atoms with Gasteiger partial charge in [0.25, 0.3) is 0 Å². The number of benzene rings is 2. The summed E-state index contributed by atoms with van der Waals surface area (Å²) in [6.45, 7) is 5.12. The zero-order valence-corrected chi connectivity index (χ0v) is 23.2. The molecule has 1 aliphatic carbocycles. The van der Waals surface area contributed by atoms with Gasteiger partial charge in [-0.1, -0.05) is 134 Å². The summed E-state index contributed by atoms with van der Waals surface area (Å²) in [5, 5.41) is 0. The van der Waals surface area contributed by atoms with Crippen LogP contribution in [0.25, 0.3) is 11.1 Å². The molecule has 0 saturated heterocycles. The van der Waals surface area contributed by atoms with Gasteiger partial charge in [0.15, 0.2) is 11.6 Å². The molecule has 0 aliphatic heterocycles. The Morgan fingerprint density at radius 2 is 1.25 bits per heavy atom. The molecule has 1 fully saturated rings. The number of hydrogen-bond donors (Lipinski definition) is 0. The van der Waals surface area contributed by atoms with Gasteiger partial charge in [-0.05, 0) is 59.9 Å². The van der Waals surface area contributed by atoms with Crippen LogP contribution in [0.15, 0.2) is 42.5 Å². The van der Waals surface area contributed by atoms with Crippen LogP contribution in [0.1, 0.15) is 122 Å². The summed E-state index contributed by atoms with van der Waals surface area (Å²) in [5.41, 5.74) is 3.30. The molecule has 3 rings (SSSR count). The maximum Gasteiger partial charge on any atom is 0.165 e. The van der Waals surface area contributed by atoms with Gasteiger partial charge >= 0.3 is 0 Å². The largest absolute Gasteiger partial charge is 0.490 e. The van der Waals surface area contributed by atoms with Crippen molar-refractivity contribution in [2.45, 2.75) is 123 Å². The van der Waals surface area contributed by atoms with E-state index in [1.165, 1.54) is 102 Å². The average Bonchev–Trinajstić information content (AvgIpc) is 2.90. The lowest BCUT2D eigenvalue weighted by atomic mass is 9.80. The van der Waals surface area contributed by atoms with Gasteiger partial charge in [-0.15, -0.1) is 0 Å². The lowest BCUT2D eigenvalue weighted by molar-refractivity contribution is 0.173. The average molecular weight is 495 g/mol. The van der Waals surface area contributed by atoms with Crippen LogP contribution in [0.4, 0.5) is 4.39 Å². The molecule has 1 saturated carbocycles. The molecule has 0 bridgehead atoms. The Balaban J connectivity index is 1.28. The number of aryl methyl sites for hydroxylation is 1. The molecule has 2 heteroatoms. The van der Waals surface area contributed by atoms with Crippen molar-refractivity contribution in [2.24, 2.45) is 11.8 Å². The fourth-order valence-corrected chi connectivity index (χ4v) is 5.76. The highest BCUT2D eigenvalue weighted by molar-refractivity contribution is 5.64. The highest BCUT2D eigenvalue weighted by atomic mass is 19.1. The Kier molecular flexibility index (Phi) is 13.4. The quantitative estimate of drug-likeness (QED) is 0.199. The van der Waals surface area contributed by atoms with Gasteiger partial charge in [-0.25, -0.2) is 4.39 Å². The van der Waals surface area contributed by atoms with Crippen molar-refractivity contribution in [3.05, 3.63) is 53.8 Å². The third kappa shape index (κ3) is 10.3. The topological polar surface area (TPSA) is 9.23 Å². The number of hydrogen-bond acceptors (Lipinski definition) is 1. The fourth-order valence-electron chi connectivity index (χ4n) is 5.76. The minimum atomic E-state index is -0.250. The summed E-state index contributed by atoms with van der Waals surface area (Å²) < 4.78 is 20.7. The Bertz CT molecular complexity index is 835. The molecule has 0 heterocycles. The van der Waals surface area contributed by atoms with E-state index in [4.69, 9.17) is 4.74 Å². The van der Waals surface area contributed by atoms with E-state index in [2.05, 4.69) is 38.1 Å². The van der Waals surface area contributed by atoms with Gasteiger partial charge in [0.1, 0.15) is 0 Å². The first-order valence-electron chi connectivity index (χ1n) is 15.2. The molecule has 2 aromatic rings. The smallest absolute Gasteiger partial charge is 0.165 e. The van der Waals surface area contributed by atoms with Gasteiger partial charge in [0, 0.05) is 0 Å². The van der Waals surface area contributed by atoms with E-state index in [1.807, 2.05) is 12.1 Å². The summed E-state index contributed by atoms with van der Waals surface area (Å²) >= 11 is 0. The molecule has 36 heavy (non-hydrogen) atoms. The van der Waals surface area contributed by atoms with Crippen LogP contribution in [0.3, 0.4) is 0 Å². The number of ether oxygens (including phenoxy) is 1. The van der Waals surface area contributed by atoms with Crippen LogP contribution in [-0.2, 0) is 6.42 Å². The summed E-state index contributed by atoms with van der Waals surface area (Å²) in [7, 11) is 0. The molecule has 0 atom stereocenters. The third-order valence-corrected chi connectivity index (χ3v) is 8.16. The molecule has 0 unspecified atom stereocenters. The standard InChI is InChI=1S/C34H51FO/c1-3-5-6-7-8-9-10-11-12-13-15-29-16-18-30(19-17-29)27-36-34-25-24-32(26-33(34)35)31-22-20-28(14-4-2)21-23-31/h20-26,29-30H,3-19,27H2,1-2H3/t29-,30-. The SMILES string of the molecule is CCCCCCCCCCCC[C@H]1CC[C@H](COc2ccc(-c3ccc(CCC)cc3)cc2F)CC1. The molecule has 0 aromatic heterocycles. The van der Waals surface area contributed by atoms with Crippen LogP contribution < -0.4 is 4.74 Å². The Morgan fingerprint density at radius 3 is 1.86 bits per heavy atom. The van der Waals surface area contributed by atoms with Crippen molar-refractivity contribution in [1.82, 2.24) is 0 Å². The van der Waals surface area contributed by atoms with Crippen LogP contribution in [0, 0.1) is 17.7 Å². The zero-order chi connectivity index (χ0) is 25.4. The van der Waals surface area contributed by atoms with Crippen molar-refractivity contribution < 1.29 is 9.13 Å². The maximum atomic E-state index is 14.7. The second-order valence-corrected chi connectivity index (χ2v) is 11.3. The van der Waals surface area contributed by atoms with Crippen molar-refractivity contribution in [2.75, 3.05) is 6.61 Å². The summed E-state index contributed by atoms with van der Waals surface area (Å²) in [4.78, 5) is 0. The molecule has 2 aromatic carbocycles. The van der Waals surface area contributed by atoms with Gasteiger partial charge < -0.3 is 4.74 Å². The van der Waals surface area contributed by atoms with E-state index in [0.29, 0.717) is 18.3 Å². The van der Waals surface area contributed by atoms with Crippen molar-refractivity contribution in [3.63, 3.8) is 0 Å². The molecule has 200 valence electrons. The third-order valence-electron chi connectivity index (χ3n) is 8.16. The summed E-state index contributed by atoms with van der Waals surface area (Å²) in [6.07, 6.45) is 22.9. The second kappa shape index (κ2) is 16.8. The number of rotatable bonds is 17. The molecule has 0 N–H and O–H groups in total. The molecule has 1 aliphatic rings. The number of halogens is 1. The van der Waals surface area contributed by atoms with E-state index in [-0.39, 0.29) is 5.82 Å². The van der Waals surface area contributed by atoms with Gasteiger partial charge in [0.05, 0.1) is 6.61 Å². The molecule has 0 radical (unpaired) electrons. The Hall–Kier alpha value is -1.83. The monoisotopic (exact) mass is 494 g/mol. The predicted molar refractivity (Wildman–Crippen MR) is 153 cm³/mol. The van der Waals surface area contributed by atoms with Crippen molar-refractivity contribution in [1.29, 1.82) is 0 Å². The summed E-state index contributed by atoms with van der Waals surface area (Å²) in [6, 6.07) is 13.9. The van der Waals surface area contributed by atoms with Gasteiger partial charge in [0.2, 0.25) is 0 Å². The minimum Gasteiger partial charge on any atom is -0.490 e. The molecule has 0 spiro atoms. The van der Waals surface area contributed by atoms with Crippen LogP contribution in [-0.4, -0.2) is 6.61 Å². The zero-order valence-electron chi connectivity index (χ0n) is 23.2. The van der Waals surface area contributed by atoms with Crippen molar-refractivity contribution >= 4 is 0 Å². The van der Waals surface area contributed by atoms with E-state index in [1.54, 1.807) is 6.07 Å². The van der Waals surface area contributed by atoms with Gasteiger partial charge in [-0.2, -0.15) is 0 Å². The normalized spacial score (nSPS) is 17.9. The van der Waals surface area contributed by atoms with Crippen molar-refractivity contribution in [3.8, 4) is 16.9 Å². The lowest BCUT2D eigenvalue weighted by Gasteiger charge is -2.28. The molecule has 0 amide bonds.